The van der Waals surface area contributed by atoms with Crippen molar-refractivity contribution >= 4 is 27.5 Å². The summed E-state index contributed by atoms with van der Waals surface area (Å²) in [6, 6.07) is 26.2. The van der Waals surface area contributed by atoms with Gasteiger partial charge in [-0.2, -0.15) is 0 Å². The van der Waals surface area contributed by atoms with Crippen LogP contribution in [0, 0.1) is 0 Å². The third kappa shape index (κ3) is 2.16. The molecular formula is C21H15NO. The van der Waals surface area contributed by atoms with E-state index in [1.807, 2.05) is 48.5 Å². The zero-order valence-electron chi connectivity index (χ0n) is 12.5. The maximum Gasteiger partial charge on any atom is 0.249 e. The fourth-order valence-electron chi connectivity index (χ4n) is 3.21. The van der Waals surface area contributed by atoms with E-state index in [-0.39, 0.29) is 0 Å². The molecule has 23 heavy (non-hydrogen) atoms. The van der Waals surface area contributed by atoms with Crippen molar-refractivity contribution in [2.45, 2.75) is 0 Å². The van der Waals surface area contributed by atoms with E-state index in [4.69, 9.17) is 5.73 Å². The van der Waals surface area contributed by atoms with Crippen LogP contribution in [-0.2, 0) is 0 Å². The highest BCUT2D eigenvalue weighted by Crippen LogP contribution is 2.36. The normalized spacial score (nSPS) is 11.0. The largest absolute Gasteiger partial charge is 0.366 e. The minimum absolute atomic E-state index is 0.404. The van der Waals surface area contributed by atoms with Gasteiger partial charge in [0.2, 0.25) is 5.91 Å². The monoisotopic (exact) mass is 297 g/mol. The molecule has 0 atom stereocenters. The molecule has 4 rings (SSSR count). The third-order valence-corrected chi connectivity index (χ3v) is 4.25. The Morgan fingerprint density at radius 2 is 1.26 bits per heavy atom. The number of fused-ring (bicyclic) bond motifs is 2. The minimum atomic E-state index is -0.404. The Labute approximate surface area is 134 Å². The van der Waals surface area contributed by atoms with Crippen LogP contribution in [0.3, 0.4) is 0 Å². The summed E-state index contributed by atoms with van der Waals surface area (Å²) in [6.45, 7) is 0. The molecule has 0 aromatic heterocycles. The number of benzene rings is 4. The molecule has 0 saturated heterocycles. The van der Waals surface area contributed by atoms with Crippen molar-refractivity contribution in [1.29, 1.82) is 0 Å². The molecule has 0 bridgehead atoms. The van der Waals surface area contributed by atoms with E-state index in [9.17, 15) is 4.79 Å². The number of amides is 1. The predicted molar refractivity (Wildman–Crippen MR) is 95.4 cm³/mol. The Hall–Kier alpha value is -3.13. The lowest BCUT2D eigenvalue weighted by Crippen LogP contribution is -2.12. The SMILES string of the molecule is NC(=O)c1ccc2ccccc2c1-c1cccc2ccccc12. The Balaban J connectivity index is 2.19. The average Bonchev–Trinajstić information content (AvgIpc) is 2.60. The minimum Gasteiger partial charge on any atom is -0.366 e. The zero-order chi connectivity index (χ0) is 15.8. The van der Waals surface area contributed by atoms with Crippen molar-refractivity contribution in [2.75, 3.05) is 0 Å². The molecule has 0 unspecified atom stereocenters. The van der Waals surface area contributed by atoms with Gasteiger partial charge < -0.3 is 5.73 Å². The molecule has 0 saturated carbocycles. The van der Waals surface area contributed by atoms with Gasteiger partial charge in [-0.15, -0.1) is 0 Å². The molecule has 0 aliphatic carbocycles. The molecule has 0 spiro atoms. The Bertz CT molecular complexity index is 1040. The fraction of sp³-hybridized carbons (Fsp3) is 0. The number of nitrogens with two attached hydrogens (primary N) is 1. The van der Waals surface area contributed by atoms with Crippen LogP contribution in [0.4, 0.5) is 0 Å². The number of carbonyl (C=O) groups is 1. The van der Waals surface area contributed by atoms with Crippen LogP contribution >= 0.6 is 0 Å². The summed E-state index contributed by atoms with van der Waals surface area (Å²) in [7, 11) is 0. The molecule has 0 radical (unpaired) electrons. The predicted octanol–water partition coefficient (Wildman–Crippen LogP) is 4.76. The van der Waals surface area contributed by atoms with Gasteiger partial charge in [-0.05, 0) is 33.2 Å². The molecule has 1 amide bonds. The molecule has 0 aliphatic rings. The lowest BCUT2D eigenvalue weighted by molar-refractivity contribution is 0.100. The van der Waals surface area contributed by atoms with Crippen LogP contribution in [0.2, 0.25) is 0 Å². The summed E-state index contributed by atoms with van der Waals surface area (Å²) in [5, 5.41) is 4.41. The summed E-state index contributed by atoms with van der Waals surface area (Å²) in [4.78, 5) is 12.0. The number of carbonyl (C=O) groups excluding carboxylic acids is 1. The van der Waals surface area contributed by atoms with E-state index in [0.717, 1.165) is 32.7 Å². The van der Waals surface area contributed by atoms with Gasteiger partial charge in [-0.25, -0.2) is 0 Å². The van der Waals surface area contributed by atoms with E-state index in [0.29, 0.717) is 5.56 Å². The first-order valence-corrected chi connectivity index (χ1v) is 7.55. The van der Waals surface area contributed by atoms with Gasteiger partial charge in [0, 0.05) is 11.1 Å². The van der Waals surface area contributed by atoms with Gasteiger partial charge in [0.1, 0.15) is 0 Å². The highest BCUT2D eigenvalue weighted by atomic mass is 16.1. The van der Waals surface area contributed by atoms with Crippen molar-refractivity contribution in [1.82, 2.24) is 0 Å². The van der Waals surface area contributed by atoms with E-state index in [1.54, 1.807) is 0 Å². The summed E-state index contributed by atoms with van der Waals surface area (Å²) in [5.74, 6) is -0.404. The van der Waals surface area contributed by atoms with E-state index < -0.39 is 5.91 Å². The molecule has 110 valence electrons. The molecule has 0 aliphatic heterocycles. The van der Waals surface area contributed by atoms with Crippen molar-refractivity contribution in [3.8, 4) is 11.1 Å². The number of hydrogen-bond donors (Lipinski definition) is 1. The first-order valence-electron chi connectivity index (χ1n) is 7.55. The van der Waals surface area contributed by atoms with Crippen molar-refractivity contribution in [3.63, 3.8) is 0 Å². The van der Waals surface area contributed by atoms with Crippen LogP contribution in [0.15, 0.2) is 78.9 Å². The number of primary amides is 1. The zero-order valence-corrected chi connectivity index (χ0v) is 12.5. The van der Waals surface area contributed by atoms with Crippen LogP contribution in [0.25, 0.3) is 32.7 Å². The van der Waals surface area contributed by atoms with Gasteiger partial charge in [0.15, 0.2) is 0 Å². The average molecular weight is 297 g/mol. The highest BCUT2D eigenvalue weighted by molar-refractivity contribution is 6.13. The third-order valence-electron chi connectivity index (χ3n) is 4.25. The first kappa shape index (κ1) is 13.5. The molecule has 4 aromatic carbocycles. The summed E-state index contributed by atoms with van der Waals surface area (Å²) < 4.78 is 0. The van der Waals surface area contributed by atoms with Gasteiger partial charge in [-0.3, -0.25) is 4.79 Å². The second kappa shape index (κ2) is 5.25. The smallest absolute Gasteiger partial charge is 0.249 e. The second-order valence-electron chi connectivity index (χ2n) is 5.60. The van der Waals surface area contributed by atoms with E-state index in [2.05, 4.69) is 30.3 Å². The van der Waals surface area contributed by atoms with E-state index >= 15 is 0 Å². The van der Waals surface area contributed by atoms with Gasteiger partial charge in [-0.1, -0.05) is 72.8 Å². The highest BCUT2D eigenvalue weighted by Gasteiger charge is 2.15. The topological polar surface area (TPSA) is 43.1 Å². The number of hydrogen-bond acceptors (Lipinski definition) is 1. The standard InChI is InChI=1S/C21H15NO/c22-21(23)19-13-12-15-7-2-4-10-17(15)20(19)18-11-5-8-14-6-1-3-9-16(14)18/h1-13H,(H2,22,23). The van der Waals surface area contributed by atoms with Gasteiger partial charge in [0.05, 0.1) is 0 Å². The van der Waals surface area contributed by atoms with Crippen LogP contribution < -0.4 is 5.73 Å². The van der Waals surface area contributed by atoms with Crippen molar-refractivity contribution < 1.29 is 4.79 Å². The van der Waals surface area contributed by atoms with Crippen molar-refractivity contribution in [2.24, 2.45) is 5.73 Å². The molecule has 2 nitrogen and oxygen atoms in total. The Morgan fingerprint density at radius 1 is 0.652 bits per heavy atom. The summed E-state index contributed by atoms with van der Waals surface area (Å²) in [5.41, 5.74) is 8.15. The van der Waals surface area contributed by atoms with Gasteiger partial charge in [0.25, 0.3) is 0 Å². The maximum atomic E-state index is 12.0. The molecule has 4 aromatic rings. The molecule has 2 N–H and O–H groups in total. The Kier molecular flexibility index (Phi) is 3.09. The number of rotatable bonds is 2. The first-order chi connectivity index (χ1) is 11.3. The lowest BCUT2D eigenvalue weighted by Gasteiger charge is -2.14. The molecular weight excluding hydrogens is 282 g/mol. The van der Waals surface area contributed by atoms with Crippen molar-refractivity contribution in [3.05, 3.63) is 84.4 Å². The lowest BCUT2D eigenvalue weighted by atomic mass is 9.90. The summed E-state index contributed by atoms with van der Waals surface area (Å²) >= 11 is 0. The van der Waals surface area contributed by atoms with E-state index in [1.165, 1.54) is 0 Å². The van der Waals surface area contributed by atoms with Crippen LogP contribution in [-0.4, -0.2) is 5.91 Å². The summed E-state index contributed by atoms with van der Waals surface area (Å²) in [6.07, 6.45) is 0. The molecule has 0 heterocycles. The quantitative estimate of drug-likeness (QED) is 0.569. The molecule has 2 heteroatoms. The maximum absolute atomic E-state index is 12.0. The molecule has 0 fully saturated rings. The van der Waals surface area contributed by atoms with Gasteiger partial charge >= 0.3 is 0 Å². The fourth-order valence-corrected chi connectivity index (χ4v) is 3.21. The Morgan fingerprint density at radius 3 is 2.00 bits per heavy atom. The van der Waals surface area contributed by atoms with Crippen LogP contribution in [0.5, 0.6) is 0 Å². The second-order valence-corrected chi connectivity index (χ2v) is 5.60. The van der Waals surface area contributed by atoms with Crippen LogP contribution in [0.1, 0.15) is 10.4 Å².